The van der Waals surface area contributed by atoms with E-state index in [2.05, 4.69) is 52.2 Å². The first-order valence-electron chi connectivity index (χ1n) is 8.26. The Kier molecular flexibility index (Phi) is 9.88. The van der Waals surface area contributed by atoms with E-state index in [-0.39, 0.29) is 17.0 Å². The third kappa shape index (κ3) is 17.3. The summed E-state index contributed by atoms with van der Waals surface area (Å²) in [5.41, 5.74) is 0.0948. The number of carbonyl (C=O) groups is 1. The first-order valence-corrected chi connectivity index (χ1v) is 8.26. The summed E-state index contributed by atoms with van der Waals surface area (Å²) >= 11 is 0. The average Bonchev–Trinajstić information content (AvgIpc) is 2.30. The molecule has 0 rings (SSSR count). The molecule has 0 radical (unpaired) electrons. The summed E-state index contributed by atoms with van der Waals surface area (Å²) in [5, 5.41) is 6.38. The predicted octanol–water partition coefficient (Wildman–Crippen LogP) is 3.26. The van der Waals surface area contributed by atoms with Gasteiger partial charge in [0.15, 0.2) is 0 Å². The van der Waals surface area contributed by atoms with Crippen molar-refractivity contribution in [2.75, 3.05) is 19.7 Å². The number of amides is 1. The highest BCUT2D eigenvalue weighted by Crippen LogP contribution is 2.09. The molecule has 126 valence electrons. The van der Waals surface area contributed by atoms with E-state index in [1.165, 1.54) is 0 Å². The van der Waals surface area contributed by atoms with Crippen LogP contribution in [0.3, 0.4) is 0 Å². The highest BCUT2D eigenvalue weighted by atomic mass is 16.5. The van der Waals surface area contributed by atoms with Crippen molar-refractivity contribution in [1.82, 2.24) is 10.6 Å². The molecule has 0 aliphatic carbocycles. The zero-order valence-corrected chi connectivity index (χ0v) is 15.0. The second-order valence-electron chi connectivity index (χ2n) is 7.65. The van der Waals surface area contributed by atoms with E-state index in [4.69, 9.17) is 4.74 Å². The average molecular weight is 300 g/mol. The molecule has 2 N–H and O–H groups in total. The van der Waals surface area contributed by atoms with E-state index in [9.17, 15) is 4.79 Å². The Balaban J connectivity index is 3.35. The van der Waals surface area contributed by atoms with Gasteiger partial charge in [0, 0.05) is 25.1 Å². The lowest BCUT2D eigenvalue weighted by molar-refractivity contribution is -0.121. The van der Waals surface area contributed by atoms with Crippen molar-refractivity contribution in [3.05, 3.63) is 0 Å². The summed E-state index contributed by atoms with van der Waals surface area (Å²) in [6.45, 7) is 15.1. The van der Waals surface area contributed by atoms with Gasteiger partial charge in [-0.3, -0.25) is 4.79 Å². The molecule has 0 heterocycles. The standard InChI is InChI=1S/C17H36N2O2/c1-16(2,3)19-13-10-12-18-15(20)11-8-7-9-14-21-17(4,5)6/h19H,7-14H2,1-6H3,(H,18,20). The van der Waals surface area contributed by atoms with E-state index in [0.717, 1.165) is 45.4 Å². The van der Waals surface area contributed by atoms with Gasteiger partial charge in [-0.2, -0.15) is 0 Å². The molecule has 0 spiro atoms. The Morgan fingerprint density at radius 3 is 2.14 bits per heavy atom. The van der Waals surface area contributed by atoms with Gasteiger partial charge in [0.1, 0.15) is 0 Å². The van der Waals surface area contributed by atoms with Crippen molar-refractivity contribution in [3.8, 4) is 0 Å². The van der Waals surface area contributed by atoms with Crippen LogP contribution in [-0.4, -0.2) is 36.7 Å². The van der Waals surface area contributed by atoms with Crippen molar-refractivity contribution in [2.24, 2.45) is 0 Å². The highest BCUT2D eigenvalue weighted by Gasteiger charge is 2.09. The fourth-order valence-electron chi connectivity index (χ4n) is 1.81. The molecule has 0 fully saturated rings. The van der Waals surface area contributed by atoms with Gasteiger partial charge in [-0.1, -0.05) is 6.42 Å². The molecule has 0 aliphatic rings. The second-order valence-corrected chi connectivity index (χ2v) is 7.65. The molecular weight excluding hydrogens is 264 g/mol. The maximum absolute atomic E-state index is 11.6. The maximum atomic E-state index is 11.6. The molecule has 4 heteroatoms. The molecule has 0 bridgehead atoms. The molecule has 0 saturated carbocycles. The second kappa shape index (κ2) is 10.2. The van der Waals surface area contributed by atoms with Crippen molar-refractivity contribution >= 4 is 5.91 Å². The minimum atomic E-state index is -0.0571. The van der Waals surface area contributed by atoms with Gasteiger partial charge in [-0.25, -0.2) is 0 Å². The number of carbonyl (C=O) groups excluding carboxylic acids is 1. The van der Waals surface area contributed by atoms with Crippen molar-refractivity contribution < 1.29 is 9.53 Å². The van der Waals surface area contributed by atoms with Crippen LogP contribution in [0.25, 0.3) is 0 Å². The first-order chi connectivity index (χ1) is 9.60. The number of hydrogen-bond donors (Lipinski definition) is 2. The Morgan fingerprint density at radius 2 is 1.57 bits per heavy atom. The molecule has 0 aliphatic heterocycles. The summed E-state index contributed by atoms with van der Waals surface area (Å²) in [4.78, 5) is 11.6. The number of hydrogen-bond acceptors (Lipinski definition) is 3. The molecule has 0 saturated heterocycles. The van der Waals surface area contributed by atoms with E-state index in [0.29, 0.717) is 6.42 Å². The van der Waals surface area contributed by atoms with E-state index in [1.807, 2.05) is 0 Å². The normalized spacial score (nSPS) is 12.5. The third-order valence-corrected chi connectivity index (χ3v) is 2.91. The SMILES string of the molecule is CC(C)(C)NCCCNC(=O)CCCCCOC(C)(C)C. The van der Waals surface area contributed by atoms with Crippen LogP contribution in [-0.2, 0) is 9.53 Å². The molecule has 4 nitrogen and oxygen atoms in total. The molecule has 0 atom stereocenters. The Morgan fingerprint density at radius 1 is 0.905 bits per heavy atom. The smallest absolute Gasteiger partial charge is 0.219 e. The lowest BCUT2D eigenvalue weighted by Crippen LogP contribution is -2.37. The van der Waals surface area contributed by atoms with Gasteiger partial charge >= 0.3 is 0 Å². The van der Waals surface area contributed by atoms with Crippen LogP contribution < -0.4 is 10.6 Å². The number of nitrogens with one attached hydrogen (secondary N) is 2. The summed E-state index contributed by atoms with van der Waals surface area (Å²) < 4.78 is 5.65. The fourth-order valence-corrected chi connectivity index (χ4v) is 1.81. The Bertz CT molecular complexity index is 277. The Hall–Kier alpha value is -0.610. The van der Waals surface area contributed by atoms with E-state index < -0.39 is 0 Å². The van der Waals surface area contributed by atoms with Crippen LogP contribution in [0.5, 0.6) is 0 Å². The topological polar surface area (TPSA) is 50.4 Å². The molecular formula is C17H36N2O2. The number of rotatable bonds is 10. The number of unbranched alkanes of at least 4 members (excludes halogenated alkanes) is 2. The Labute approximate surface area is 131 Å². The minimum absolute atomic E-state index is 0.0571. The van der Waals surface area contributed by atoms with E-state index >= 15 is 0 Å². The first kappa shape index (κ1) is 20.4. The van der Waals surface area contributed by atoms with Crippen molar-refractivity contribution in [1.29, 1.82) is 0 Å². The molecule has 0 aromatic heterocycles. The van der Waals surface area contributed by atoms with Crippen LogP contribution in [0.15, 0.2) is 0 Å². The van der Waals surface area contributed by atoms with E-state index in [1.54, 1.807) is 0 Å². The summed E-state index contributed by atoms with van der Waals surface area (Å²) in [6.07, 6.45) is 4.62. The van der Waals surface area contributed by atoms with Crippen LogP contribution in [0.4, 0.5) is 0 Å². The lowest BCUT2D eigenvalue weighted by Gasteiger charge is -2.20. The van der Waals surface area contributed by atoms with Gasteiger partial charge in [0.05, 0.1) is 5.60 Å². The fraction of sp³-hybridized carbons (Fsp3) is 0.941. The molecule has 0 aromatic carbocycles. The quantitative estimate of drug-likeness (QED) is 0.609. The predicted molar refractivity (Wildman–Crippen MR) is 89.6 cm³/mol. The van der Waals surface area contributed by atoms with Crippen LogP contribution in [0.1, 0.15) is 73.6 Å². The summed E-state index contributed by atoms with van der Waals surface area (Å²) in [5.74, 6) is 0.169. The maximum Gasteiger partial charge on any atom is 0.219 e. The summed E-state index contributed by atoms with van der Waals surface area (Å²) in [7, 11) is 0. The molecule has 0 aromatic rings. The van der Waals surface area contributed by atoms with Gasteiger partial charge in [-0.15, -0.1) is 0 Å². The van der Waals surface area contributed by atoms with Crippen LogP contribution in [0, 0.1) is 0 Å². The van der Waals surface area contributed by atoms with Crippen molar-refractivity contribution in [3.63, 3.8) is 0 Å². The zero-order valence-electron chi connectivity index (χ0n) is 15.0. The molecule has 1 amide bonds. The van der Waals surface area contributed by atoms with Gasteiger partial charge in [-0.05, 0) is 67.3 Å². The molecule has 21 heavy (non-hydrogen) atoms. The van der Waals surface area contributed by atoms with Gasteiger partial charge in [0.2, 0.25) is 5.91 Å². The number of ether oxygens (including phenoxy) is 1. The minimum Gasteiger partial charge on any atom is -0.376 e. The highest BCUT2D eigenvalue weighted by molar-refractivity contribution is 5.75. The third-order valence-electron chi connectivity index (χ3n) is 2.91. The largest absolute Gasteiger partial charge is 0.376 e. The van der Waals surface area contributed by atoms with Crippen LogP contribution in [0.2, 0.25) is 0 Å². The van der Waals surface area contributed by atoms with Crippen LogP contribution >= 0.6 is 0 Å². The molecule has 0 unspecified atom stereocenters. The zero-order chi connectivity index (χ0) is 16.4. The monoisotopic (exact) mass is 300 g/mol. The lowest BCUT2D eigenvalue weighted by atomic mass is 10.1. The van der Waals surface area contributed by atoms with Gasteiger partial charge < -0.3 is 15.4 Å². The van der Waals surface area contributed by atoms with Crippen molar-refractivity contribution in [2.45, 2.75) is 84.8 Å². The van der Waals surface area contributed by atoms with Gasteiger partial charge in [0.25, 0.3) is 0 Å². The summed E-state index contributed by atoms with van der Waals surface area (Å²) in [6, 6.07) is 0.